The first kappa shape index (κ1) is 19.3. The summed E-state index contributed by atoms with van der Waals surface area (Å²) < 4.78 is 3.87. The number of para-hydroxylation sites is 2. The molecule has 9 heteroatoms. The molecular weight excluding hydrogens is 389 g/mol. The van der Waals surface area contributed by atoms with Crippen LogP contribution in [0, 0.1) is 5.92 Å². The molecule has 4 aromatic rings. The molecule has 29 heavy (non-hydrogen) atoms. The number of aromatic amines is 1. The number of hydrogen-bond acceptors (Lipinski definition) is 4. The zero-order chi connectivity index (χ0) is 20.7. The van der Waals surface area contributed by atoms with Crippen molar-refractivity contribution in [3.05, 3.63) is 62.1 Å². The molecule has 0 saturated heterocycles. The molecule has 1 unspecified atom stereocenters. The lowest BCUT2D eigenvalue weighted by Gasteiger charge is -2.10. The van der Waals surface area contributed by atoms with Crippen molar-refractivity contribution in [2.75, 3.05) is 0 Å². The van der Waals surface area contributed by atoms with Crippen LogP contribution < -0.4 is 16.0 Å². The fraction of sp³-hybridized carbons (Fsp3) is 0.250. The maximum atomic E-state index is 13.2. The lowest BCUT2D eigenvalue weighted by atomic mass is 9.94. The summed E-state index contributed by atoms with van der Waals surface area (Å²) in [5.74, 6) is -1.58. The maximum absolute atomic E-state index is 13.2. The van der Waals surface area contributed by atoms with Crippen molar-refractivity contribution in [3.63, 3.8) is 0 Å². The Morgan fingerprint density at radius 1 is 1.21 bits per heavy atom. The van der Waals surface area contributed by atoms with Gasteiger partial charge in [-0.2, -0.15) is 0 Å². The van der Waals surface area contributed by atoms with Crippen molar-refractivity contribution < 1.29 is 9.90 Å². The molecule has 0 saturated carbocycles. The molecule has 0 aliphatic carbocycles. The highest BCUT2D eigenvalue weighted by molar-refractivity contribution is 7.16. The van der Waals surface area contributed by atoms with E-state index in [0.29, 0.717) is 28.4 Å². The topological polar surface area (TPSA) is 97.1 Å². The van der Waals surface area contributed by atoms with E-state index in [-0.39, 0.29) is 23.7 Å². The summed E-state index contributed by atoms with van der Waals surface area (Å²) in [6.07, 6.45) is 0.425. The first-order chi connectivity index (χ1) is 13.9. The van der Waals surface area contributed by atoms with E-state index in [1.807, 2.05) is 24.3 Å². The fourth-order valence-electron chi connectivity index (χ4n) is 3.65. The lowest BCUT2D eigenvalue weighted by molar-refractivity contribution is -0.142. The van der Waals surface area contributed by atoms with Crippen LogP contribution in [0.3, 0.4) is 0 Å². The molecule has 2 heterocycles. The van der Waals surface area contributed by atoms with Crippen LogP contribution in [0.1, 0.15) is 18.9 Å². The summed E-state index contributed by atoms with van der Waals surface area (Å²) in [5, 5.41) is 9.42. The average molecular weight is 407 g/mol. The van der Waals surface area contributed by atoms with E-state index in [4.69, 9.17) is 7.85 Å². The molecule has 0 fully saturated rings. The van der Waals surface area contributed by atoms with Gasteiger partial charge in [0.05, 0.1) is 33.7 Å². The van der Waals surface area contributed by atoms with Gasteiger partial charge in [-0.1, -0.05) is 41.9 Å². The zero-order valence-corrected chi connectivity index (χ0v) is 16.5. The molecule has 0 spiro atoms. The molecule has 2 radical (unpaired) electrons. The number of nitrogens with one attached hydrogen (secondary N) is 1. The molecular formula is C20H18BN3O4S. The van der Waals surface area contributed by atoms with Gasteiger partial charge in [0.2, 0.25) is 0 Å². The van der Waals surface area contributed by atoms with Crippen LogP contribution in [0.15, 0.2) is 46.0 Å². The molecule has 2 N–H and O–H groups in total. The van der Waals surface area contributed by atoms with Crippen LogP contribution in [-0.2, 0) is 17.9 Å². The van der Waals surface area contributed by atoms with Gasteiger partial charge in [0, 0.05) is 6.54 Å². The number of carbonyl (C=O) groups is 1. The maximum Gasteiger partial charge on any atom is 0.329 e. The van der Waals surface area contributed by atoms with Gasteiger partial charge < -0.3 is 10.1 Å². The summed E-state index contributed by atoms with van der Waals surface area (Å²) >= 11 is 1.08. The van der Waals surface area contributed by atoms with Gasteiger partial charge in [-0.05, 0) is 30.2 Å². The highest BCUT2D eigenvalue weighted by Crippen LogP contribution is 2.22. The number of fused-ring (bicyclic) bond motifs is 2. The number of thiazole rings is 1. The van der Waals surface area contributed by atoms with E-state index in [1.54, 1.807) is 23.6 Å². The Balaban J connectivity index is 1.88. The third kappa shape index (κ3) is 3.42. The van der Waals surface area contributed by atoms with Crippen LogP contribution >= 0.6 is 11.3 Å². The lowest BCUT2D eigenvalue weighted by Crippen LogP contribution is -2.29. The highest BCUT2D eigenvalue weighted by Gasteiger charge is 2.21. The first-order valence-electron chi connectivity index (χ1n) is 9.21. The first-order valence-corrected chi connectivity index (χ1v) is 10.0. The molecule has 146 valence electrons. The Labute approximate surface area is 170 Å². The Kier molecular flexibility index (Phi) is 4.91. The van der Waals surface area contributed by atoms with Crippen molar-refractivity contribution in [2.45, 2.75) is 26.4 Å². The molecule has 1 atom stereocenters. The van der Waals surface area contributed by atoms with Gasteiger partial charge in [-0.15, -0.1) is 0 Å². The number of rotatable bonds is 6. The molecule has 0 amide bonds. The Hall–Kier alpha value is -3.07. The standard InChI is InChI=1S/C20H18BN3O4S/c1-2-11(18(25)26)9-23-15-5-3-4-6-16(15)24(20(23)28)10-12-7-13(21)8-14-17(12)29-19(27)22-14/h3-8,11H,2,9-10H2,1H3,(H,22,27)(H,25,26). The molecule has 7 nitrogen and oxygen atoms in total. The Morgan fingerprint density at radius 3 is 2.55 bits per heavy atom. The number of H-pyrrole nitrogens is 1. The molecule has 0 aliphatic rings. The molecule has 0 bridgehead atoms. The van der Waals surface area contributed by atoms with Gasteiger partial charge in [-0.3, -0.25) is 18.7 Å². The number of imidazole rings is 1. The normalized spacial score (nSPS) is 12.6. The van der Waals surface area contributed by atoms with Crippen molar-refractivity contribution in [2.24, 2.45) is 5.92 Å². The minimum atomic E-state index is -0.925. The van der Waals surface area contributed by atoms with E-state index in [1.165, 1.54) is 4.57 Å². The van der Waals surface area contributed by atoms with Gasteiger partial charge in [0.1, 0.15) is 7.85 Å². The number of aliphatic carboxylic acids is 1. The summed E-state index contributed by atoms with van der Waals surface area (Å²) in [6, 6.07) is 10.8. The summed E-state index contributed by atoms with van der Waals surface area (Å²) in [6.45, 7) is 2.12. The van der Waals surface area contributed by atoms with Crippen LogP contribution in [0.25, 0.3) is 21.3 Å². The van der Waals surface area contributed by atoms with Gasteiger partial charge in [0.25, 0.3) is 0 Å². The predicted octanol–water partition coefficient (Wildman–Crippen LogP) is 1.66. The van der Waals surface area contributed by atoms with E-state index in [2.05, 4.69) is 4.98 Å². The van der Waals surface area contributed by atoms with E-state index in [0.717, 1.165) is 21.6 Å². The average Bonchev–Trinajstić information content (AvgIpc) is 3.17. The van der Waals surface area contributed by atoms with E-state index >= 15 is 0 Å². The Morgan fingerprint density at radius 2 is 1.90 bits per heavy atom. The third-order valence-electron chi connectivity index (χ3n) is 5.12. The van der Waals surface area contributed by atoms with E-state index in [9.17, 15) is 19.5 Å². The van der Waals surface area contributed by atoms with Gasteiger partial charge >= 0.3 is 16.5 Å². The zero-order valence-electron chi connectivity index (χ0n) is 15.7. The number of hydrogen-bond donors (Lipinski definition) is 2. The van der Waals surface area contributed by atoms with Crippen LogP contribution in [0.5, 0.6) is 0 Å². The summed E-state index contributed by atoms with van der Waals surface area (Å²) in [7, 11) is 5.99. The summed E-state index contributed by atoms with van der Waals surface area (Å²) in [5.41, 5.74) is 3.00. The van der Waals surface area contributed by atoms with Crippen LogP contribution in [0.4, 0.5) is 0 Å². The SMILES string of the molecule is [B]c1cc(Cn2c(=O)n(CC(CC)C(=O)O)c3ccccc32)c2sc(=O)[nH]c2c1. The van der Waals surface area contributed by atoms with Gasteiger partial charge in [-0.25, -0.2) is 4.79 Å². The fourth-order valence-corrected chi connectivity index (χ4v) is 4.47. The number of carboxylic acid groups (broad SMARTS) is 1. The smallest absolute Gasteiger partial charge is 0.329 e. The predicted molar refractivity (Wildman–Crippen MR) is 115 cm³/mol. The van der Waals surface area contributed by atoms with Crippen molar-refractivity contribution in [1.29, 1.82) is 0 Å². The number of nitrogens with zero attached hydrogens (tertiary/aromatic N) is 2. The minimum absolute atomic E-state index is 0.0992. The second-order valence-corrected chi connectivity index (χ2v) is 7.97. The van der Waals surface area contributed by atoms with Crippen molar-refractivity contribution in [1.82, 2.24) is 14.1 Å². The molecule has 4 rings (SSSR count). The molecule has 2 aromatic carbocycles. The number of carboxylic acids is 1. The second-order valence-electron chi connectivity index (χ2n) is 6.98. The molecule has 2 aromatic heterocycles. The number of benzene rings is 2. The van der Waals surface area contributed by atoms with Crippen molar-refractivity contribution >= 4 is 51.9 Å². The second kappa shape index (κ2) is 7.40. The summed E-state index contributed by atoms with van der Waals surface area (Å²) in [4.78, 5) is 39.1. The van der Waals surface area contributed by atoms with Gasteiger partial charge in [0.15, 0.2) is 0 Å². The monoisotopic (exact) mass is 407 g/mol. The van der Waals surface area contributed by atoms with Crippen molar-refractivity contribution in [3.8, 4) is 0 Å². The largest absolute Gasteiger partial charge is 0.481 e. The van der Waals surface area contributed by atoms with Crippen LogP contribution in [-0.4, -0.2) is 33.0 Å². The van der Waals surface area contributed by atoms with E-state index < -0.39 is 11.9 Å². The minimum Gasteiger partial charge on any atom is -0.481 e. The highest BCUT2D eigenvalue weighted by atomic mass is 32.1. The van der Waals surface area contributed by atoms with Crippen LogP contribution in [0.2, 0.25) is 0 Å². The number of aromatic nitrogens is 3. The quantitative estimate of drug-likeness (QED) is 0.475. The third-order valence-corrected chi connectivity index (χ3v) is 6.09. The molecule has 0 aliphatic heterocycles. The Bertz CT molecular complexity index is 1350.